The molecule has 19 heavy (non-hydrogen) atoms. The monoisotopic (exact) mass is 269 g/mol. The summed E-state index contributed by atoms with van der Waals surface area (Å²) in [6, 6.07) is 0.662. The molecule has 0 saturated heterocycles. The standard InChI is InChI=1S/C17H35NO/c1-5-13-18-15(2)8-6-7-14-19-16-9-11-17(3,4)12-10-16/h15-16,18H,5-14H2,1-4H3. The molecule has 0 aromatic carbocycles. The summed E-state index contributed by atoms with van der Waals surface area (Å²) in [5.41, 5.74) is 0.556. The summed E-state index contributed by atoms with van der Waals surface area (Å²) < 4.78 is 6.02. The smallest absolute Gasteiger partial charge is 0.0575 e. The molecular formula is C17H35NO. The van der Waals surface area contributed by atoms with E-state index in [9.17, 15) is 0 Å². The third-order valence-corrected chi connectivity index (χ3v) is 4.41. The molecule has 2 heteroatoms. The SMILES string of the molecule is CCCNC(C)CCCCOC1CCC(C)(C)CC1. The van der Waals surface area contributed by atoms with Crippen LogP contribution in [0.3, 0.4) is 0 Å². The zero-order valence-corrected chi connectivity index (χ0v) is 13.6. The van der Waals surface area contributed by atoms with Crippen molar-refractivity contribution in [1.82, 2.24) is 5.32 Å². The normalized spacial score (nSPS) is 21.5. The molecule has 0 aliphatic heterocycles. The fraction of sp³-hybridized carbons (Fsp3) is 1.00. The number of ether oxygens (including phenoxy) is 1. The Bertz CT molecular complexity index is 217. The van der Waals surface area contributed by atoms with Gasteiger partial charge in [-0.3, -0.25) is 0 Å². The molecule has 0 amide bonds. The lowest BCUT2D eigenvalue weighted by atomic mass is 9.76. The van der Waals surface area contributed by atoms with Crippen LogP contribution in [0.4, 0.5) is 0 Å². The van der Waals surface area contributed by atoms with Gasteiger partial charge in [-0.25, -0.2) is 0 Å². The quantitative estimate of drug-likeness (QED) is 0.621. The molecule has 0 spiro atoms. The van der Waals surface area contributed by atoms with Crippen molar-refractivity contribution in [3.63, 3.8) is 0 Å². The molecule has 2 nitrogen and oxygen atoms in total. The second-order valence-corrected chi connectivity index (χ2v) is 7.09. The topological polar surface area (TPSA) is 21.3 Å². The Morgan fingerprint density at radius 2 is 1.89 bits per heavy atom. The highest BCUT2D eigenvalue weighted by atomic mass is 16.5. The van der Waals surface area contributed by atoms with E-state index < -0.39 is 0 Å². The highest BCUT2D eigenvalue weighted by Gasteiger charge is 2.26. The largest absolute Gasteiger partial charge is 0.378 e. The van der Waals surface area contributed by atoms with E-state index in [0.29, 0.717) is 17.6 Å². The molecule has 1 saturated carbocycles. The minimum atomic E-state index is 0.545. The molecule has 1 unspecified atom stereocenters. The fourth-order valence-electron chi connectivity index (χ4n) is 2.83. The van der Waals surface area contributed by atoms with Gasteiger partial charge in [0.1, 0.15) is 0 Å². The van der Waals surface area contributed by atoms with Crippen LogP contribution in [0.5, 0.6) is 0 Å². The maximum Gasteiger partial charge on any atom is 0.0575 e. The van der Waals surface area contributed by atoms with Crippen molar-refractivity contribution >= 4 is 0 Å². The van der Waals surface area contributed by atoms with E-state index in [0.717, 1.165) is 13.2 Å². The van der Waals surface area contributed by atoms with Crippen LogP contribution in [-0.4, -0.2) is 25.3 Å². The van der Waals surface area contributed by atoms with Crippen molar-refractivity contribution in [2.45, 2.75) is 91.2 Å². The van der Waals surface area contributed by atoms with Gasteiger partial charge in [0.25, 0.3) is 0 Å². The van der Waals surface area contributed by atoms with Gasteiger partial charge < -0.3 is 10.1 Å². The first-order valence-corrected chi connectivity index (χ1v) is 8.38. The van der Waals surface area contributed by atoms with Crippen molar-refractivity contribution in [2.75, 3.05) is 13.2 Å². The van der Waals surface area contributed by atoms with E-state index in [2.05, 4.69) is 33.0 Å². The van der Waals surface area contributed by atoms with Crippen molar-refractivity contribution in [3.8, 4) is 0 Å². The van der Waals surface area contributed by atoms with Gasteiger partial charge >= 0.3 is 0 Å². The third-order valence-electron chi connectivity index (χ3n) is 4.41. The summed E-state index contributed by atoms with van der Waals surface area (Å²) in [5, 5.41) is 3.54. The number of rotatable bonds is 9. The molecule has 0 aromatic rings. The first-order chi connectivity index (χ1) is 9.03. The highest BCUT2D eigenvalue weighted by Crippen LogP contribution is 2.36. The summed E-state index contributed by atoms with van der Waals surface area (Å²) >= 11 is 0. The molecule has 0 aromatic heterocycles. The second kappa shape index (κ2) is 8.97. The van der Waals surface area contributed by atoms with Gasteiger partial charge in [0.15, 0.2) is 0 Å². The summed E-state index contributed by atoms with van der Waals surface area (Å²) in [6.45, 7) is 11.4. The molecule has 0 bridgehead atoms. The molecule has 1 aliphatic rings. The number of unbranched alkanes of at least 4 members (excludes halogenated alkanes) is 1. The molecule has 1 rings (SSSR count). The van der Waals surface area contributed by atoms with Crippen LogP contribution in [0.1, 0.15) is 79.1 Å². The molecular weight excluding hydrogens is 234 g/mol. The minimum Gasteiger partial charge on any atom is -0.378 e. The summed E-state index contributed by atoms with van der Waals surface area (Å²) in [5.74, 6) is 0. The van der Waals surface area contributed by atoms with E-state index in [-0.39, 0.29) is 0 Å². The van der Waals surface area contributed by atoms with E-state index in [1.54, 1.807) is 0 Å². The summed E-state index contributed by atoms with van der Waals surface area (Å²) in [6.07, 6.45) is 10.7. The van der Waals surface area contributed by atoms with Crippen molar-refractivity contribution in [2.24, 2.45) is 5.41 Å². The van der Waals surface area contributed by atoms with Crippen LogP contribution < -0.4 is 5.32 Å². The van der Waals surface area contributed by atoms with Crippen LogP contribution in [0.2, 0.25) is 0 Å². The maximum absolute atomic E-state index is 6.02. The predicted octanol–water partition coefficient (Wildman–Crippen LogP) is 4.53. The average Bonchev–Trinajstić information content (AvgIpc) is 2.37. The van der Waals surface area contributed by atoms with Crippen molar-refractivity contribution in [1.29, 1.82) is 0 Å². The van der Waals surface area contributed by atoms with E-state index in [1.165, 1.54) is 51.4 Å². The first kappa shape index (κ1) is 17.0. The zero-order chi connectivity index (χ0) is 14.1. The van der Waals surface area contributed by atoms with Crippen LogP contribution in [0.15, 0.2) is 0 Å². The zero-order valence-electron chi connectivity index (χ0n) is 13.6. The molecule has 1 atom stereocenters. The second-order valence-electron chi connectivity index (χ2n) is 7.09. The Balaban J connectivity index is 1.94. The Morgan fingerprint density at radius 3 is 2.53 bits per heavy atom. The molecule has 1 fully saturated rings. The Hall–Kier alpha value is -0.0800. The molecule has 1 aliphatic carbocycles. The lowest BCUT2D eigenvalue weighted by molar-refractivity contribution is 0.00263. The Labute approximate surface area is 120 Å². The van der Waals surface area contributed by atoms with Gasteiger partial charge in [-0.05, 0) is 70.3 Å². The van der Waals surface area contributed by atoms with Crippen LogP contribution >= 0.6 is 0 Å². The molecule has 0 radical (unpaired) electrons. The lowest BCUT2D eigenvalue weighted by Crippen LogP contribution is -2.27. The lowest BCUT2D eigenvalue weighted by Gasteiger charge is -2.34. The molecule has 0 heterocycles. The van der Waals surface area contributed by atoms with Gasteiger partial charge in [0.2, 0.25) is 0 Å². The van der Waals surface area contributed by atoms with Gasteiger partial charge in [0.05, 0.1) is 6.10 Å². The Morgan fingerprint density at radius 1 is 1.21 bits per heavy atom. The van der Waals surface area contributed by atoms with Crippen LogP contribution in [0, 0.1) is 5.41 Å². The number of hydrogen-bond acceptors (Lipinski definition) is 2. The molecule has 114 valence electrons. The third kappa shape index (κ3) is 7.94. The van der Waals surface area contributed by atoms with Gasteiger partial charge in [-0.1, -0.05) is 20.8 Å². The van der Waals surface area contributed by atoms with E-state index in [1.807, 2.05) is 0 Å². The molecule has 1 N–H and O–H groups in total. The first-order valence-electron chi connectivity index (χ1n) is 8.38. The predicted molar refractivity (Wildman–Crippen MR) is 83.6 cm³/mol. The van der Waals surface area contributed by atoms with Gasteiger partial charge in [-0.15, -0.1) is 0 Å². The maximum atomic E-state index is 6.02. The highest BCUT2D eigenvalue weighted by molar-refractivity contribution is 4.78. The van der Waals surface area contributed by atoms with E-state index >= 15 is 0 Å². The summed E-state index contributed by atoms with van der Waals surface area (Å²) in [4.78, 5) is 0. The van der Waals surface area contributed by atoms with Crippen LogP contribution in [0.25, 0.3) is 0 Å². The van der Waals surface area contributed by atoms with Crippen molar-refractivity contribution in [3.05, 3.63) is 0 Å². The van der Waals surface area contributed by atoms with Crippen molar-refractivity contribution < 1.29 is 4.74 Å². The van der Waals surface area contributed by atoms with Crippen LogP contribution in [-0.2, 0) is 4.74 Å². The number of hydrogen-bond donors (Lipinski definition) is 1. The van der Waals surface area contributed by atoms with Gasteiger partial charge in [-0.2, -0.15) is 0 Å². The van der Waals surface area contributed by atoms with Gasteiger partial charge in [0, 0.05) is 12.6 Å². The fourth-order valence-corrected chi connectivity index (χ4v) is 2.83. The number of nitrogens with one attached hydrogen (secondary N) is 1. The minimum absolute atomic E-state index is 0.545. The van der Waals surface area contributed by atoms with E-state index in [4.69, 9.17) is 4.74 Å². The average molecular weight is 269 g/mol. The Kier molecular flexibility index (Phi) is 8.01. The summed E-state index contributed by atoms with van der Waals surface area (Å²) in [7, 11) is 0.